The molecular formula is C11H10O. The van der Waals surface area contributed by atoms with Crippen LogP contribution in [0.3, 0.4) is 0 Å². The number of hydrogen-bond donors (Lipinski definition) is 0. The van der Waals surface area contributed by atoms with Crippen molar-refractivity contribution in [3.8, 4) is 0 Å². The van der Waals surface area contributed by atoms with E-state index in [-0.39, 0.29) is 0 Å². The minimum absolute atomic E-state index is 0.681. The lowest BCUT2D eigenvalue weighted by atomic mass is 10.1. The highest BCUT2D eigenvalue weighted by molar-refractivity contribution is 5.68. The Morgan fingerprint density at radius 1 is 1.08 bits per heavy atom. The summed E-state index contributed by atoms with van der Waals surface area (Å²) in [5.41, 5.74) is 2.47. The van der Waals surface area contributed by atoms with Crippen LogP contribution in [-0.4, -0.2) is 6.61 Å². The van der Waals surface area contributed by atoms with Gasteiger partial charge in [0.25, 0.3) is 0 Å². The van der Waals surface area contributed by atoms with E-state index in [0.717, 1.165) is 0 Å². The summed E-state index contributed by atoms with van der Waals surface area (Å²) in [7, 11) is 0. The molecule has 0 spiro atoms. The van der Waals surface area contributed by atoms with Gasteiger partial charge < -0.3 is 4.74 Å². The smallest absolute Gasteiger partial charge is 0.113 e. The molecule has 0 fully saturated rings. The van der Waals surface area contributed by atoms with Crippen LogP contribution in [-0.2, 0) is 4.74 Å². The molecule has 1 aliphatic rings. The van der Waals surface area contributed by atoms with Crippen LogP contribution in [0.1, 0.15) is 5.56 Å². The topological polar surface area (TPSA) is 9.23 Å². The Balaban J connectivity index is 2.31. The van der Waals surface area contributed by atoms with E-state index in [9.17, 15) is 0 Å². The van der Waals surface area contributed by atoms with Crippen LogP contribution >= 0.6 is 0 Å². The summed E-state index contributed by atoms with van der Waals surface area (Å²) in [6, 6.07) is 10.3. The average molecular weight is 158 g/mol. The van der Waals surface area contributed by atoms with Crippen LogP contribution in [0.2, 0.25) is 0 Å². The van der Waals surface area contributed by atoms with Crippen molar-refractivity contribution in [2.24, 2.45) is 0 Å². The van der Waals surface area contributed by atoms with Crippen LogP contribution in [0.25, 0.3) is 5.57 Å². The van der Waals surface area contributed by atoms with Gasteiger partial charge in [-0.05, 0) is 17.2 Å². The first-order valence-corrected chi connectivity index (χ1v) is 3.99. The van der Waals surface area contributed by atoms with E-state index in [0.29, 0.717) is 6.61 Å². The Morgan fingerprint density at radius 2 is 1.92 bits per heavy atom. The Labute approximate surface area is 72.0 Å². The van der Waals surface area contributed by atoms with Crippen molar-refractivity contribution in [3.63, 3.8) is 0 Å². The van der Waals surface area contributed by atoms with Crippen molar-refractivity contribution < 1.29 is 4.74 Å². The molecule has 60 valence electrons. The van der Waals surface area contributed by atoms with E-state index >= 15 is 0 Å². The van der Waals surface area contributed by atoms with Crippen LogP contribution in [0.4, 0.5) is 0 Å². The maximum atomic E-state index is 5.19. The minimum atomic E-state index is 0.681. The first-order chi connectivity index (χ1) is 5.97. The number of hydrogen-bond acceptors (Lipinski definition) is 1. The molecule has 1 heterocycles. The predicted molar refractivity (Wildman–Crippen MR) is 49.5 cm³/mol. The van der Waals surface area contributed by atoms with Crippen molar-refractivity contribution >= 4 is 5.57 Å². The van der Waals surface area contributed by atoms with Gasteiger partial charge in [-0.15, -0.1) is 0 Å². The summed E-state index contributed by atoms with van der Waals surface area (Å²) in [5.74, 6) is 0. The third-order valence-electron chi connectivity index (χ3n) is 1.86. The quantitative estimate of drug-likeness (QED) is 0.610. The molecule has 0 aromatic heterocycles. The van der Waals surface area contributed by atoms with Gasteiger partial charge in [0.2, 0.25) is 0 Å². The zero-order valence-electron chi connectivity index (χ0n) is 6.73. The molecule has 0 atom stereocenters. The number of allylic oxidation sites excluding steroid dienone is 2. The lowest BCUT2D eigenvalue weighted by Gasteiger charge is -2.09. The molecule has 1 aromatic rings. The van der Waals surface area contributed by atoms with Crippen LogP contribution in [0.5, 0.6) is 0 Å². The summed E-state index contributed by atoms with van der Waals surface area (Å²) < 4.78 is 5.19. The molecular weight excluding hydrogens is 148 g/mol. The molecule has 2 rings (SSSR count). The van der Waals surface area contributed by atoms with E-state index in [4.69, 9.17) is 4.74 Å². The van der Waals surface area contributed by atoms with Gasteiger partial charge in [-0.2, -0.15) is 0 Å². The molecule has 1 aromatic carbocycles. The molecule has 1 aliphatic heterocycles. The zero-order valence-corrected chi connectivity index (χ0v) is 6.73. The van der Waals surface area contributed by atoms with Crippen molar-refractivity contribution in [2.45, 2.75) is 0 Å². The Morgan fingerprint density at radius 3 is 2.58 bits per heavy atom. The van der Waals surface area contributed by atoms with Gasteiger partial charge in [0.15, 0.2) is 0 Å². The number of rotatable bonds is 1. The lowest BCUT2D eigenvalue weighted by Crippen LogP contribution is -1.95. The highest BCUT2D eigenvalue weighted by Crippen LogP contribution is 2.16. The van der Waals surface area contributed by atoms with E-state index in [2.05, 4.69) is 18.2 Å². The van der Waals surface area contributed by atoms with Crippen LogP contribution in [0, 0.1) is 0 Å². The maximum absolute atomic E-state index is 5.19. The summed E-state index contributed by atoms with van der Waals surface area (Å²) in [4.78, 5) is 0. The highest BCUT2D eigenvalue weighted by atomic mass is 16.5. The molecule has 0 aliphatic carbocycles. The molecule has 1 nitrogen and oxygen atoms in total. The van der Waals surface area contributed by atoms with E-state index in [1.165, 1.54) is 11.1 Å². The summed E-state index contributed by atoms with van der Waals surface area (Å²) >= 11 is 0. The first kappa shape index (κ1) is 7.17. The van der Waals surface area contributed by atoms with Crippen molar-refractivity contribution in [2.75, 3.05) is 6.61 Å². The predicted octanol–water partition coefficient (Wildman–Crippen LogP) is 2.61. The summed E-state index contributed by atoms with van der Waals surface area (Å²) in [6.07, 6.45) is 5.72. The van der Waals surface area contributed by atoms with Crippen molar-refractivity contribution in [3.05, 3.63) is 54.3 Å². The molecule has 0 saturated carbocycles. The van der Waals surface area contributed by atoms with Gasteiger partial charge in [-0.25, -0.2) is 0 Å². The molecule has 12 heavy (non-hydrogen) atoms. The Kier molecular flexibility index (Phi) is 1.95. The molecule has 0 saturated heterocycles. The molecule has 1 heteroatoms. The highest BCUT2D eigenvalue weighted by Gasteiger charge is 2.01. The van der Waals surface area contributed by atoms with Crippen LogP contribution in [0.15, 0.2) is 48.7 Å². The molecule has 0 N–H and O–H groups in total. The largest absolute Gasteiger partial charge is 0.496 e. The third kappa shape index (κ3) is 1.40. The van der Waals surface area contributed by atoms with Gasteiger partial charge in [0.1, 0.15) is 6.61 Å². The fourth-order valence-corrected chi connectivity index (χ4v) is 1.23. The monoisotopic (exact) mass is 158 g/mol. The van der Waals surface area contributed by atoms with E-state index < -0.39 is 0 Å². The average Bonchev–Trinajstić information content (AvgIpc) is 2.21. The van der Waals surface area contributed by atoms with Gasteiger partial charge in [0.05, 0.1) is 6.26 Å². The Hall–Kier alpha value is -1.50. The minimum Gasteiger partial charge on any atom is -0.496 e. The van der Waals surface area contributed by atoms with Gasteiger partial charge >= 0.3 is 0 Å². The van der Waals surface area contributed by atoms with E-state index in [1.54, 1.807) is 6.26 Å². The summed E-state index contributed by atoms with van der Waals surface area (Å²) in [5, 5.41) is 0. The fraction of sp³-hybridized carbons (Fsp3) is 0.0909. The second-order valence-electron chi connectivity index (χ2n) is 2.70. The fourth-order valence-electron chi connectivity index (χ4n) is 1.23. The van der Waals surface area contributed by atoms with E-state index in [1.807, 2.05) is 24.3 Å². The van der Waals surface area contributed by atoms with Gasteiger partial charge in [0, 0.05) is 0 Å². The number of ether oxygens (including phenoxy) is 1. The lowest BCUT2D eigenvalue weighted by molar-refractivity contribution is 0.293. The van der Waals surface area contributed by atoms with Crippen molar-refractivity contribution in [1.29, 1.82) is 0 Å². The SMILES string of the molecule is C1=COCC(c2ccccc2)=C1. The van der Waals surface area contributed by atoms with Gasteiger partial charge in [-0.3, -0.25) is 0 Å². The Bertz CT molecular complexity index is 309. The summed E-state index contributed by atoms with van der Waals surface area (Å²) in [6.45, 7) is 0.681. The second-order valence-corrected chi connectivity index (χ2v) is 2.70. The molecule has 0 amide bonds. The number of benzene rings is 1. The van der Waals surface area contributed by atoms with Gasteiger partial charge in [-0.1, -0.05) is 36.4 Å². The zero-order chi connectivity index (χ0) is 8.23. The molecule has 0 unspecified atom stereocenters. The third-order valence-corrected chi connectivity index (χ3v) is 1.86. The van der Waals surface area contributed by atoms with Crippen molar-refractivity contribution in [1.82, 2.24) is 0 Å². The molecule has 0 bridgehead atoms. The van der Waals surface area contributed by atoms with Crippen LogP contribution < -0.4 is 0 Å². The molecule has 0 radical (unpaired) electrons. The second kappa shape index (κ2) is 3.26. The first-order valence-electron chi connectivity index (χ1n) is 3.99. The maximum Gasteiger partial charge on any atom is 0.113 e. The standard InChI is InChI=1S/C11H10O/c1-2-5-10(6-3-1)11-7-4-8-12-9-11/h1-8H,9H2. The normalized spacial score (nSPS) is 15.2.